The van der Waals surface area contributed by atoms with Gasteiger partial charge in [0, 0.05) is 23.6 Å². The fourth-order valence-electron chi connectivity index (χ4n) is 0.777. The largest absolute Gasteiger partial charge is 0.396 e. The molecule has 0 unspecified atom stereocenters. The molecule has 0 aliphatic carbocycles. The number of aromatic amines is 1. The highest BCUT2D eigenvalue weighted by Crippen LogP contribution is 2.07. The number of nitrogens with one attached hydrogen (secondary N) is 1. The van der Waals surface area contributed by atoms with Crippen LogP contribution in [0.25, 0.3) is 0 Å². The number of aliphatic hydroxyl groups excluding tert-OH is 1. The summed E-state index contributed by atoms with van der Waals surface area (Å²) in [5, 5.41) is 8.54. The Labute approximate surface area is 62.3 Å². The molecule has 0 aliphatic heterocycles. The Balaban J connectivity index is 2.92. The summed E-state index contributed by atoms with van der Waals surface area (Å²) in [6.45, 7) is 1.94. The average Bonchev–Trinajstić information content (AvgIpc) is 2.13. The molecule has 0 amide bonds. The summed E-state index contributed by atoms with van der Waals surface area (Å²) >= 11 is 1.17. The van der Waals surface area contributed by atoms with Gasteiger partial charge in [0.25, 0.3) is 0 Å². The van der Waals surface area contributed by atoms with Crippen LogP contribution in [0.2, 0.25) is 0 Å². The van der Waals surface area contributed by atoms with Crippen molar-refractivity contribution in [2.45, 2.75) is 13.3 Å². The van der Waals surface area contributed by atoms with Crippen LogP contribution in [0.1, 0.15) is 10.6 Å². The summed E-state index contributed by atoms with van der Waals surface area (Å²) in [6.07, 6.45) is 0.579. The zero-order valence-electron chi connectivity index (χ0n) is 5.68. The van der Waals surface area contributed by atoms with Crippen LogP contribution in [-0.2, 0) is 6.42 Å². The SMILES string of the molecule is [13CH3][13c]1[nH]c(=O)s[13c]1CCO. The molecular formula is C6H9NO2S. The first kappa shape index (κ1) is 7.50. The number of aliphatic hydroxyl groups is 1. The molecule has 1 rings (SSSR count). The second-order valence-electron chi connectivity index (χ2n) is 2.04. The van der Waals surface area contributed by atoms with Gasteiger partial charge in [-0.2, -0.15) is 0 Å². The lowest BCUT2D eigenvalue weighted by molar-refractivity contribution is 0.300. The van der Waals surface area contributed by atoms with Gasteiger partial charge in [0.1, 0.15) is 0 Å². The number of aryl methyl sites for hydroxylation is 1. The highest BCUT2D eigenvalue weighted by Gasteiger charge is 2.00. The number of aromatic nitrogens is 1. The Hall–Kier alpha value is -0.610. The lowest BCUT2D eigenvalue weighted by Crippen LogP contribution is -1.91. The number of hydrogen-bond acceptors (Lipinski definition) is 3. The standard InChI is InChI=1S/C6H9NO2S/c1-4-5(2-3-8)10-6(9)7-4/h8H,2-3H2,1H3,(H,7,9)/i1+1,4+1,5+1. The molecule has 0 saturated heterocycles. The molecule has 56 valence electrons. The van der Waals surface area contributed by atoms with Crippen LogP contribution in [0, 0.1) is 6.92 Å². The third-order valence-electron chi connectivity index (χ3n) is 1.26. The maximum absolute atomic E-state index is 10.7. The zero-order chi connectivity index (χ0) is 7.56. The van der Waals surface area contributed by atoms with E-state index in [2.05, 4.69) is 4.98 Å². The molecule has 4 heteroatoms. The van der Waals surface area contributed by atoms with E-state index >= 15 is 0 Å². The van der Waals surface area contributed by atoms with Crippen molar-refractivity contribution in [1.29, 1.82) is 0 Å². The first-order valence-corrected chi connectivity index (χ1v) is 3.85. The van der Waals surface area contributed by atoms with E-state index in [1.165, 1.54) is 11.3 Å². The average molecular weight is 162 g/mol. The molecule has 0 saturated carbocycles. The predicted molar refractivity (Wildman–Crippen MR) is 40.5 cm³/mol. The quantitative estimate of drug-likeness (QED) is 0.614. The molecule has 1 aromatic heterocycles. The van der Waals surface area contributed by atoms with Crippen molar-refractivity contribution < 1.29 is 5.11 Å². The van der Waals surface area contributed by atoms with Crippen LogP contribution in [0.15, 0.2) is 4.79 Å². The molecule has 0 atom stereocenters. The molecule has 0 aromatic carbocycles. The Bertz CT molecular complexity index is 263. The molecule has 1 aromatic rings. The van der Waals surface area contributed by atoms with Gasteiger partial charge in [0.15, 0.2) is 0 Å². The van der Waals surface area contributed by atoms with Crippen LogP contribution in [0.3, 0.4) is 0 Å². The second-order valence-corrected chi connectivity index (χ2v) is 3.10. The minimum absolute atomic E-state index is 0.0408. The molecule has 0 fully saturated rings. The van der Waals surface area contributed by atoms with Gasteiger partial charge in [-0.3, -0.25) is 4.79 Å². The van der Waals surface area contributed by atoms with Gasteiger partial charge < -0.3 is 10.1 Å². The molecule has 0 bridgehead atoms. The van der Waals surface area contributed by atoms with Crippen molar-refractivity contribution in [3.8, 4) is 0 Å². The van der Waals surface area contributed by atoms with Gasteiger partial charge in [0.05, 0.1) is 0 Å². The molecule has 0 aliphatic rings. The van der Waals surface area contributed by atoms with Crippen LogP contribution >= 0.6 is 11.3 Å². The van der Waals surface area contributed by atoms with E-state index in [0.717, 1.165) is 10.6 Å². The Kier molecular flexibility index (Phi) is 2.24. The van der Waals surface area contributed by atoms with Gasteiger partial charge in [-0.05, 0) is 6.92 Å². The van der Waals surface area contributed by atoms with E-state index in [9.17, 15) is 4.79 Å². The molecular weight excluding hydrogens is 153 g/mol. The minimum atomic E-state index is -0.0408. The fraction of sp³-hybridized carbons (Fsp3) is 0.500. The van der Waals surface area contributed by atoms with E-state index in [1.807, 2.05) is 6.92 Å². The number of H-pyrrole nitrogens is 1. The highest BCUT2D eigenvalue weighted by molar-refractivity contribution is 7.09. The molecule has 0 spiro atoms. The van der Waals surface area contributed by atoms with Crippen LogP contribution in [-0.4, -0.2) is 16.7 Å². The number of thiazole rings is 1. The zero-order valence-corrected chi connectivity index (χ0v) is 6.49. The smallest absolute Gasteiger partial charge is 0.304 e. The fourth-order valence-corrected chi connectivity index (χ4v) is 1.60. The van der Waals surface area contributed by atoms with Gasteiger partial charge in [-0.15, -0.1) is 0 Å². The van der Waals surface area contributed by atoms with Gasteiger partial charge >= 0.3 is 4.87 Å². The van der Waals surface area contributed by atoms with E-state index in [4.69, 9.17) is 5.11 Å². The third-order valence-corrected chi connectivity index (χ3v) is 2.31. The van der Waals surface area contributed by atoms with Crippen molar-refractivity contribution in [1.82, 2.24) is 4.98 Å². The molecule has 1 heterocycles. The van der Waals surface area contributed by atoms with Crippen LogP contribution in [0.4, 0.5) is 0 Å². The Morgan fingerprint density at radius 3 is 2.80 bits per heavy atom. The number of hydrogen-bond donors (Lipinski definition) is 2. The number of rotatable bonds is 2. The van der Waals surface area contributed by atoms with Crippen molar-refractivity contribution >= 4 is 11.3 Å². The molecule has 0 radical (unpaired) electrons. The lowest BCUT2D eigenvalue weighted by Gasteiger charge is -1.90. The van der Waals surface area contributed by atoms with Crippen LogP contribution in [0.5, 0.6) is 0 Å². The van der Waals surface area contributed by atoms with Gasteiger partial charge in [-0.25, -0.2) is 0 Å². The van der Waals surface area contributed by atoms with E-state index in [0.29, 0.717) is 6.42 Å². The van der Waals surface area contributed by atoms with Crippen molar-refractivity contribution in [3.05, 3.63) is 20.2 Å². The first-order chi connectivity index (χ1) is 4.74. The summed E-state index contributed by atoms with van der Waals surface area (Å²) in [5.74, 6) is 0. The van der Waals surface area contributed by atoms with E-state index in [1.54, 1.807) is 0 Å². The summed E-state index contributed by atoms with van der Waals surface area (Å²) < 4.78 is 0. The van der Waals surface area contributed by atoms with Crippen molar-refractivity contribution in [2.24, 2.45) is 0 Å². The first-order valence-electron chi connectivity index (χ1n) is 3.03. The Morgan fingerprint density at radius 1 is 1.70 bits per heavy atom. The van der Waals surface area contributed by atoms with Gasteiger partial charge in [-0.1, -0.05) is 11.3 Å². The lowest BCUT2D eigenvalue weighted by atomic mass is 10.6. The van der Waals surface area contributed by atoms with E-state index < -0.39 is 0 Å². The van der Waals surface area contributed by atoms with Gasteiger partial charge in [0.2, 0.25) is 0 Å². The highest BCUT2D eigenvalue weighted by atomic mass is 32.1. The second kappa shape index (κ2) is 2.98. The summed E-state index contributed by atoms with van der Waals surface area (Å²) in [5.41, 5.74) is 0.879. The monoisotopic (exact) mass is 162 g/mol. The maximum Gasteiger partial charge on any atom is 0.304 e. The summed E-state index contributed by atoms with van der Waals surface area (Å²) in [6, 6.07) is 0. The van der Waals surface area contributed by atoms with Crippen molar-refractivity contribution in [2.75, 3.05) is 6.61 Å². The minimum Gasteiger partial charge on any atom is -0.396 e. The summed E-state index contributed by atoms with van der Waals surface area (Å²) in [4.78, 5) is 14.2. The maximum atomic E-state index is 10.7. The Morgan fingerprint density at radius 2 is 2.40 bits per heavy atom. The van der Waals surface area contributed by atoms with Crippen molar-refractivity contribution in [3.63, 3.8) is 0 Å². The topological polar surface area (TPSA) is 53.1 Å². The molecule has 3 nitrogen and oxygen atoms in total. The predicted octanol–water partition coefficient (Wildman–Crippen LogP) is 0.280. The van der Waals surface area contributed by atoms with E-state index in [-0.39, 0.29) is 11.5 Å². The molecule has 10 heavy (non-hydrogen) atoms. The summed E-state index contributed by atoms with van der Waals surface area (Å²) in [7, 11) is 0. The third kappa shape index (κ3) is 1.46. The normalized spacial score (nSPS) is 10.2. The van der Waals surface area contributed by atoms with Crippen LogP contribution < -0.4 is 4.87 Å². The molecule has 2 N–H and O–H groups in total.